The molecule has 13 heteroatoms. The van der Waals surface area contributed by atoms with E-state index >= 15 is 0 Å². The number of hydrogen-bond donors (Lipinski definition) is 4. The van der Waals surface area contributed by atoms with Gasteiger partial charge in [0.2, 0.25) is 5.91 Å². The SMILES string of the molecule is NC(=NCCC[C@H](NC(=O)[C@@H](N)CCC(=O)OCc1ccccc1)C(=O)OCc1ccccc1)N[N+](=O)[O-]. The summed E-state index contributed by atoms with van der Waals surface area (Å²) >= 11 is 0. The topological polar surface area (TPSA) is 201 Å². The van der Waals surface area contributed by atoms with Crippen LogP contribution in [0.1, 0.15) is 36.8 Å². The minimum absolute atomic E-state index is 0.00318. The molecule has 204 valence electrons. The molecule has 0 aliphatic rings. The second kappa shape index (κ2) is 16.3. The van der Waals surface area contributed by atoms with Crippen molar-refractivity contribution in [2.24, 2.45) is 16.5 Å². The van der Waals surface area contributed by atoms with Gasteiger partial charge < -0.3 is 26.3 Å². The summed E-state index contributed by atoms with van der Waals surface area (Å²) in [5.74, 6) is -2.21. The molecule has 0 heterocycles. The van der Waals surface area contributed by atoms with Crippen LogP contribution < -0.4 is 22.2 Å². The molecule has 2 aromatic carbocycles. The monoisotopic (exact) mass is 528 g/mol. The van der Waals surface area contributed by atoms with Gasteiger partial charge in [0, 0.05) is 13.0 Å². The second-order valence-corrected chi connectivity index (χ2v) is 8.22. The number of rotatable bonds is 15. The van der Waals surface area contributed by atoms with Gasteiger partial charge in [0.1, 0.15) is 19.3 Å². The van der Waals surface area contributed by atoms with Crippen LogP contribution in [0.15, 0.2) is 65.7 Å². The summed E-state index contributed by atoms with van der Waals surface area (Å²) in [6.07, 6.45) is 0.299. The Balaban J connectivity index is 1.87. The van der Waals surface area contributed by atoms with Crippen molar-refractivity contribution in [1.82, 2.24) is 10.7 Å². The molecule has 0 aliphatic carbocycles. The molecular weight excluding hydrogens is 496 g/mol. The maximum atomic E-state index is 12.7. The number of carbonyl (C=O) groups is 3. The fourth-order valence-corrected chi connectivity index (χ4v) is 3.20. The number of nitrogens with zero attached hydrogens (tertiary/aromatic N) is 2. The van der Waals surface area contributed by atoms with Gasteiger partial charge in [-0.1, -0.05) is 66.1 Å². The fourth-order valence-electron chi connectivity index (χ4n) is 3.20. The molecule has 0 unspecified atom stereocenters. The Bertz CT molecular complexity index is 1080. The standard InChI is InChI=1S/C25H32N6O7/c26-20(13-14-22(32)37-16-18-8-3-1-4-9-18)23(33)29-21(12-7-15-28-25(27)30-31(35)36)24(34)38-17-19-10-5-2-6-11-19/h1-6,8-11,20-21H,7,12-17,26H2,(H,29,33)(H3,27,28,30)/t20-,21-/m0/s1. The van der Waals surface area contributed by atoms with Crippen molar-refractivity contribution in [3.63, 3.8) is 0 Å². The van der Waals surface area contributed by atoms with Crippen LogP contribution >= 0.6 is 0 Å². The number of hydrazine groups is 1. The Morgan fingerprint density at radius 1 is 0.947 bits per heavy atom. The summed E-state index contributed by atoms with van der Waals surface area (Å²) in [4.78, 5) is 51.6. The van der Waals surface area contributed by atoms with Crippen molar-refractivity contribution in [3.05, 3.63) is 81.9 Å². The van der Waals surface area contributed by atoms with Gasteiger partial charge in [0.05, 0.1) is 6.04 Å². The van der Waals surface area contributed by atoms with Crippen LogP contribution in [0.4, 0.5) is 0 Å². The van der Waals surface area contributed by atoms with E-state index in [1.165, 1.54) is 0 Å². The van der Waals surface area contributed by atoms with Crippen molar-refractivity contribution < 1.29 is 28.9 Å². The molecule has 0 saturated heterocycles. The minimum atomic E-state index is -1.07. The van der Waals surface area contributed by atoms with Crippen LogP contribution in [0.5, 0.6) is 0 Å². The van der Waals surface area contributed by atoms with Crippen molar-refractivity contribution >= 4 is 23.8 Å². The second-order valence-electron chi connectivity index (χ2n) is 8.22. The van der Waals surface area contributed by atoms with Crippen molar-refractivity contribution in [2.45, 2.75) is 51.0 Å². The first kappa shape index (κ1) is 29.7. The first-order valence-corrected chi connectivity index (χ1v) is 11.9. The third-order valence-corrected chi connectivity index (χ3v) is 5.20. The highest BCUT2D eigenvalue weighted by Crippen LogP contribution is 2.08. The van der Waals surface area contributed by atoms with Gasteiger partial charge in [-0.2, -0.15) is 0 Å². The summed E-state index contributed by atoms with van der Waals surface area (Å²) in [6, 6.07) is 16.0. The van der Waals surface area contributed by atoms with Crippen molar-refractivity contribution in [2.75, 3.05) is 6.54 Å². The van der Waals surface area contributed by atoms with Crippen LogP contribution in [0.2, 0.25) is 0 Å². The first-order valence-electron chi connectivity index (χ1n) is 11.9. The highest BCUT2D eigenvalue weighted by atomic mass is 16.7. The molecule has 2 atom stereocenters. The normalized spacial score (nSPS) is 12.6. The van der Waals surface area contributed by atoms with E-state index in [9.17, 15) is 24.5 Å². The predicted molar refractivity (Wildman–Crippen MR) is 137 cm³/mol. The van der Waals surface area contributed by atoms with E-state index in [2.05, 4.69) is 10.3 Å². The molecule has 0 radical (unpaired) electrons. The number of nitrogens with two attached hydrogens (primary N) is 2. The Kier molecular flexibility index (Phi) is 12.7. The summed E-state index contributed by atoms with van der Waals surface area (Å²) < 4.78 is 10.5. The highest BCUT2D eigenvalue weighted by Gasteiger charge is 2.25. The number of benzene rings is 2. The lowest BCUT2D eigenvalue weighted by Gasteiger charge is -2.20. The Labute approximate surface area is 219 Å². The molecular formula is C25H32N6O7. The van der Waals surface area contributed by atoms with E-state index in [0.717, 1.165) is 11.1 Å². The molecule has 13 nitrogen and oxygen atoms in total. The van der Waals surface area contributed by atoms with Crippen LogP contribution in [-0.2, 0) is 37.1 Å². The maximum absolute atomic E-state index is 12.7. The Morgan fingerprint density at radius 3 is 2.11 bits per heavy atom. The van der Waals surface area contributed by atoms with Gasteiger partial charge in [0.25, 0.3) is 5.96 Å². The van der Waals surface area contributed by atoms with E-state index < -0.39 is 35.0 Å². The van der Waals surface area contributed by atoms with Gasteiger partial charge in [-0.05, 0) is 30.4 Å². The summed E-state index contributed by atoms with van der Waals surface area (Å²) in [7, 11) is 0. The number of ether oxygens (including phenoxy) is 2. The fraction of sp³-hybridized carbons (Fsp3) is 0.360. The van der Waals surface area contributed by atoms with Gasteiger partial charge in [0.15, 0.2) is 5.03 Å². The summed E-state index contributed by atoms with van der Waals surface area (Å²) in [5, 5.41) is 12.1. The number of amides is 1. The molecule has 0 bridgehead atoms. The number of guanidine groups is 1. The highest BCUT2D eigenvalue weighted by molar-refractivity contribution is 5.87. The summed E-state index contributed by atoms with van der Waals surface area (Å²) in [5.41, 5.74) is 14.6. The van der Waals surface area contributed by atoms with E-state index in [0.29, 0.717) is 0 Å². The minimum Gasteiger partial charge on any atom is -0.461 e. The van der Waals surface area contributed by atoms with Gasteiger partial charge in [-0.25, -0.2) is 19.9 Å². The third-order valence-electron chi connectivity index (χ3n) is 5.20. The lowest BCUT2D eigenvalue weighted by molar-refractivity contribution is -0.525. The number of nitrogens with one attached hydrogen (secondary N) is 2. The number of aliphatic imine (C=N–C) groups is 1. The first-order chi connectivity index (χ1) is 18.2. The third kappa shape index (κ3) is 11.9. The lowest BCUT2D eigenvalue weighted by Crippen LogP contribution is -2.49. The Hall–Kier alpha value is -4.52. The van der Waals surface area contributed by atoms with Gasteiger partial charge in [-0.3, -0.25) is 9.59 Å². The van der Waals surface area contributed by atoms with E-state index in [1.807, 2.05) is 36.4 Å². The molecule has 2 aromatic rings. The average Bonchev–Trinajstić information content (AvgIpc) is 2.91. The quantitative estimate of drug-likeness (QED) is 0.0643. The maximum Gasteiger partial charge on any atom is 0.328 e. The molecule has 0 saturated carbocycles. The largest absolute Gasteiger partial charge is 0.461 e. The van der Waals surface area contributed by atoms with Crippen molar-refractivity contribution in [3.8, 4) is 0 Å². The van der Waals surface area contributed by atoms with E-state index in [1.54, 1.807) is 29.7 Å². The van der Waals surface area contributed by atoms with Gasteiger partial charge >= 0.3 is 11.9 Å². The lowest BCUT2D eigenvalue weighted by atomic mass is 10.1. The molecule has 2 rings (SSSR count). The molecule has 0 fully saturated rings. The van der Waals surface area contributed by atoms with Crippen LogP contribution in [0.3, 0.4) is 0 Å². The van der Waals surface area contributed by atoms with Crippen LogP contribution in [0.25, 0.3) is 0 Å². The van der Waals surface area contributed by atoms with Crippen molar-refractivity contribution in [1.29, 1.82) is 0 Å². The zero-order valence-electron chi connectivity index (χ0n) is 20.8. The molecule has 6 N–H and O–H groups in total. The van der Waals surface area contributed by atoms with E-state index in [-0.39, 0.29) is 51.4 Å². The van der Waals surface area contributed by atoms with Crippen LogP contribution in [-0.4, -0.2) is 47.5 Å². The summed E-state index contributed by atoms with van der Waals surface area (Å²) in [6.45, 7) is 0.175. The number of nitro groups is 1. The van der Waals surface area contributed by atoms with E-state index in [4.69, 9.17) is 20.9 Å². The number of carbonyl (C=O) groups excluding carboxylic acids is 3. The Morgan fingerprint density at radius 2 is 1.53 bits per heavy atom. The smallest absolute Gasteiger partial charge is 0.328 e. The molecule has 0 aromatic heterocycles. The number of esters is 2. The average molecular weight is 529 g/mol. The molecule has 0 spiro atoms. The molecule has 38 heavy (non-hydrogen) atoms. The zero-order valence-corrected chi connectivity index (χ0v) is 20.8. The van der Waals surface area contributed by atoms with Gasteiger partial charge in [-0.15, -0.1) is 0 Å². The number of hydrogen-bond acceptors (Lipinski definition) is 9. The molecule has 1 amide bonds. The zero-order chi connectivity index (χ0) is 27.8. The molecule has 0 aliphatic heterocycles. The van der Waals surface area contributed by atoms with Crippen LogP contribution in [0, 0.1) is 10.1 Å². The predicted octanol–water partition coefficient (Wildman–Crippen LogP) is 0.942.